The molecular weight excluding hydrogens is 316 g/mol. The molecule has 25 heavy (non-hydrogen) atoms. The molecule has 3 saturated carbocycles. The van der Waals surface area contributed by atoms with Crippen LogP contribution in [0.2, 0.25) is 0 Å². The number of aldehydes is 1. The quantitative estimate of drug-likeness (QED) is 0.434. The Morgan fingerprint density at radius 3 is 2.68 bits per heavy atom. The molecule has 136 valence electrons. The van der Waals surface area contributed by atoms with E-state index in [0.717, 1.165) is 37.7 Å². The zero-order valence-corrected chi connectivity index (χ0v) is 15.1. The fourth-order valence-corrected chi connectivity index (χ4v) is 6.99. The maximum atomic E-state index is 11.9. The fraction of sp³-hybridized carbons (Fsp3) is 0.714. The molecule has 1 unspecified atom stereocenters. The minimum Gasteiger partial charge on any atom is -0.505 e. The maximum absolute atomic E-state index is 11.9. The van der Waals surface area contributed by atoms with E-state index in [1.807, 2.05) is 6.08 Å². The van der Waals surface area contributed by atoms with Crippen LogP contribution in [-0.2, 0) is 9.59 Å². The Balaban J connectivity index is 1.75. The van der Waals surface area contributed by atoms with Gasteiger partial charge in [-0.05, 0) is 78.8 Å². The number of rotatable bonds is 1. The Kier molecular flexibility index (Phi) is 3.77. The zero-order chi connectivity index (χ0) is 18.0. The van der Waals surface area contributed by atoms with Crippen LogP contribution in [0.1, 0.15) is 58.8 Å². The molecule has 0 aliphatic heterocycles. The molecule has 4 aliphatic carbocycles. The summed E-state index contributed by atoms with van der Waals surface area (Å²) < 4.78 is 0. The van der Waals surface area contributed by atoms with E-state index >= 15 is 0 Å². The van der Waals surface area contributed by atoms with Crippen molar-refractivity contribution in [3.05, 3.63) is 23.0 Å². The average molecular weight is 344 g/mol. The summed E-state index contributed by atoms with van der Waals surface area (Å²) in [5.41, 5.74) is 1.71. The topological polar surface area (TPSA) is 74.6 Å². The average Bonchev–Trinajstić information content (AvgIpc) is 2.91. The molecule has 0 radical (unpaired) electrons. The van der Waals surface area contributed by atoms with Crippen LogP contribution in [0.4, 0.5) is 0 Å². The highest BCUT2D eigenvalue weighted by Gasteiger charge is 2.61. The van der Waals surface area contributed by atoms with Gasteiger partial charge < -0.3 is 10.2 Å². The highest BCUT2D eigenvalue weighted by atomic mass is 16.3. The maximum Gasteiger partial charge on any atom is 0.184 e. The molecule has 4 nitrogen and oxygen atoms in total. The van der Waals surface area contributed by atoms with Crippen LogP contribution in [0.5, 0.6) is 0 Å². The number of hydrogen-bond donors (Lipinski definition) is 2. The lowest BCUT2D eigenvalue weighted by Gasteiger charge is -2.59. The third kappa shape index (κ3) is 2.22. The summed E-state index contributed by atoms with van der Waals surface area (Å²) in [6.45, 7) is 4.36. The first-order chi connectivity index (χ1) is 11.8. The number of carbonyl (C=O) groups excluding carboxylic acids is 2. The summed E-state index contributed by atoms with van der Waals surface area (Å²) in [4.78, 5) is 23.0. The molecule has 0 amide bonds. The smallest absolute Gasteiger partial charge is 0.184 e. The predicted octanol–water partition coefficient (Wildman–Crippen LogP) is 3.50. The normalized spacial score (nSPS) is 48.1. The zero-order valence-electron chi connectivity index (χ0n) is 15.1. The van der Waals surface area contributed by atoms with Crippen LogP contribution in [0.25, 0.3) is 0 Å². The molecule has 0 saturated heterocycles. The SMILES string of the molecule is C[C@]12CCC(=O)C=C1CC[C@@H]1[C@@H]2C(O)C[C@]2(C)/C(=C(/O)C=O)CC[C@@H]12. The second-order valence-corrected chi connectivity index (χ2v) is 9.10. The van der Waals surface area contributed by atoms with Crippen LogP contribution in [0, 0.1) is 28.6 Å². The first-order valence-electron chi connectivity index (χ1n) is 9.61. The van der Waals surface area contributed by atoms with Crippen molar-refractivity contribution >= 4 is 12.1 Å². The van der Waals surface area contributed by atoms with E-state index in [4.69, 9.17) is 0 Å². The summed E-state index contributed by atoms with van der Waals surface area (Å²) in [5.74, 6) is 1.07. The first kappa shape index (κ1) is 17.0. The number of ketones is 1. The van der Waals surface area contributed by atoms with Crippen molar-refractivity contribution in [3.63, 3.8) is 0 Å². The Morgan fingerprint density at radius 1 is 1.20 bits per heavy atom. The highest BCUT2D eigenvalue weighted by molar-refractivity contribution is 5.91. The largest absolute Gasteiger partial charge is 0.505 e. The molecular formula is C21H28O4. The van der Waals surface area contributed by atoms with Gasteiger partial charge in [-0.2, -0.15) is 0 Å². The van der Waals surface area contributed by atoms with Crippen molar-refractivity contribution in [2.24, 2.45) is 28.6 Å². The van der Waals surface area contributed by atoms with E-state index in [2.05, 4.69) is 13.8 Å². The monoisotopic (exact) mass is 344 g/mol. The van der Waals surface area contributed by atoms with Gasteiger partial charge in [0.15, 0.2) is 17.8 Å². The van der Waals surface area contributed by atoms with Gasteiger partial charge >= 0.3 is 0 Å². The molecule has 0 aromatic rings. The van der Waals surface area contributed by atoms with Crippen LogP contribution < -0.4 is 0 Å². The Bertz CT molecular complexity index is 690. The predicted molar refractivity (Wildman–Crippen MR) is 93.8 cm³/mol. The summed E-state index contributed by atoms with van der Waals surface area (Å²) >= 11 is 0. The molecule has 0 aromatic carbocycles. The molecule has 2 N–H and O–H groups in total. The minimum atomic E-state index is -0.458. The van der Waals surface area contributed by atoms with Crippen LogP contribution >= 0.6 is 0 Å². The fourth-order valence-electron chi connectivity index (χ4n) is 6.99. The third-order valence-corrected chi connectivity index (χ3v) is 8.10. The van der Waals surface area contributed by atoms with Crippen LogP contribution in [0.3, 0.4) is 0 Å². The van der Waals surface area contributed by atoms with Gasteiger partial charge in [0.05, 0.1) is 6.10 Å². The lowest BCUT2D eigenvalue weighted by Crippen LogP contribution is -2.55. The standard InChI is InChI=1S/C21H28O4/c1-20-8-7-13(23)9-12(20)3-4-14-15-5-6-16(18(25)11-22)21(15,2)10-17(24)19(14)20/h9,11,14-15,17,19,24-25H,3-8,10H2,1-2H3/b18-16+/t14-,15-,17?,19+,20-,21-/m0/s1. The molecule has 3 fully saturated rings. The number of carbonyl (C=O) groups is 2. The molecule has 4 rings (SSSR count). The van der Waals surface area contributed by atoms with Crippen molar-refractivity contribution in [1.82, 2.24) is 0 Å². The minimum absolute atomic E-state index is 0.0866. The van der Waals surface area contributed by atoms with Crippen LogP contribution in [-0.4, -0.2) is 28.4 Å². The number of aliphatic hydroxyl groups is 2. The van der Waals surface area contributed by atoms with Crippen molar-refractivity contribution in [1.29, 1.82) is 0 Å². The van der Waals surface area contributed by atoms with Gasteiger partial charge in [-0.1, -0.05) is 19.4 Å². The molecule has 0 spiro atoms. The third-order valence-electron chi connectivity index (χ3n) is 8.10. The summed E-state index contributed by atoms with van der Waals surface area (Å²) in [5, 5.41) is 21.2. The molecule has 4 heteroatoms. The number of hydrogen-bond acceptors (Lipinski definition) is 4. The second kappa shape index (κ2) is 5.54. The first-order valence-corrected chi connectivity index (χ1v) is 9.61. The number of allylic oxidation sites excluding steroid dienone is 3. The molecule has 0 bridgehead atoms. The van der Waals surface area contributed by atoms with E-state index in [1.54, 1.807) is 0 Å². The van der Waals surface area contributed by atoms with Gasteiger partial charge in [0.2, 0.25) is 0 Å². The number of aliphatic hydroxyl groups excluding tert-OH is 2. The lowest BCUT2D eigenvalue weighted by atomic mass is 9.46. The molecule has 0 heterocycles. The van der Waals surface area contributed by atoms with Gasteiger partial charge in [0, 0.05) is 6.42 Å². The van der Waals surface area contributed by atoms with E-state index in [0.29, 0.717) is 31.0 Å². The molecule has 4 aliphatic rings. The molecule has 6 atom stereocenters. The summed E-state index contributed by atoms with van der Waals surface area (Å²) in [6.07, 6.45) is 7.61. The molecule has 0 aromatic heterocycles. The second-order valence-electron chi connectivity index (χ2n) is 9.10. The highest BCUT2D eigenvalue weighted by Crippen LogP contribution is 2.66. The van der Waals surface area contributed by atoms with Gasteiger partial charge in [-0.25, -0.2) is 0 Å². The van der Waals surface area contributed by atoms with Crippen molar-refractivity contribution < 1.29 is 19.8 Å². The van der Waals surface area contributed by atoms with E-state index < -0.39 is 6.10 Å². The lowest BCUT2D eigenvalue weighted by molar-refractivity contribution is -0.124. The van der Waals surface area contributed by atoms with E-state index in [-0.39, 0.29) is 28.3 Å². The van der Waals surface area contributed by atoms with Gasteiger partial charge in [0.1, 0.15) is 0 Å². The van der Waals surface area contributed by atoms with E-state index in [1.165, 1.54) is 5.57 Å². The van der Waals surface area contributed by atoms with Crippen molar-refractivity contribution in [3.8, 4) is 0 Å². The van der Waals surface area contributed by atoms with E-state index in [9.17, 15) is 19.8 Å². The Hall–Kier alpha value is -1.42. The van der Waals surface area contributed by atoms with Crippen LogP contribution in [0.15, 0.2) is 23.0 Å². The van der Waals surface area contributed by atoms with Gasteiger partial charge in [-0.15, -0.1) is 0 Å². The summed E-state index contributed by atoms with van der Waals surface area (Å²) in [7, 11) is 0. The number of fused-ring (bicyclic) bond motifs is 5. The van der Waals surface area contributed by atoms with Crippen molar-refractivity contribution in [2.45, 2.75) is 64.9 Å². The van der Waals surface area contributed by atoms with Gasteiger partial charge in [0.25, 0.3) is 0 Å². The Morgan fingerprint density at radius 2 is 1.96 bits per heavy atom. The Labute approximate surface area is 149 Å². The van der Waals surface area contributed by atoms with Crippen molar-refractivity contribution in [2.75, 3.05) is 0 Å². The van der Waals surface area contributed by atoms with Gasteiger partial charge in [-0.3, -0.25) is 9.59 Å². The summed E-state index contributed by atoms with van der Waals surface area (Å²) in [6, 6.07) is 0.